The van der Waals surface area contributed by atoms with Gasteiger partial charge in [0.05, 0.1) is 23.2 Å². The van der Waals surface area contributed by atoms with Crippen molar-refractivity contribution in [1.82, 2.24) is 24.5 Å². The van der Waals surface area contributed by atoms with Crippen LogP contribution >= 0.6 is 0 Å². The second-order valence-electron chi connectivity index (χ2n) is 7.28. The number of rotatable bonds is 6. The van der Waals surface area contributed by atoms with Gasteiger partial charge in [-0.1, -0.05) is 36.4 Å². The molecule has 0 amide bonds. The smallest absolute Gasteiger partial charge is 0.156 e. The summed E-state index contributed by atoms with van der Waals surface area (Å²) in [4.78, 5) is 17.4. The fraction of sp³-hybridized carbons (Fsp3) is 0.174. The van der Waals surface area contributed by atoms with Gasteiger partial charge >= 0.3 is 0 Å². The summed E-state index contributed by atoms with van der Waals surface area (Å²) < 4.78 is 2.02. The zero-order valence-corrected chi connectivity index (χ0v) is 17.0. The highest BCUT2D eigenvalue weighted by Crippen LogP contribution is 2.31. The molecule has 30 heavy (non-hydrogen) atoms. The van der Waals surface area contributed by atoms with Crippen molar-refractivity contribution in [3.63, 3.8) is 0 Å². The molecule has 3 N–H and O–H groups in total. The predicted molar refractivity (Wildman–Crippen MR) is 122 cm³/mol. The van der Waals surface area contributed by atoms with E-state index in [-0.39, 0.29) is 0 Å². The molecule has 0 atom stereocenters. The summed E-state index contributed by atoms with van der Waals surface area (Å²) in [5.41, 5.74) is 5.84. The maximum atomic E-state index is 4.79. The van der Waals surface area contributed by atoms with Crippen LogP contribution in [-0.2, 0) is 13.5 Å². The molecular formula is C23H23N7. The molecule has 5 aromatic rings. The number of imidazole rings is 1. The number of aromatic nitrogens is 5. The highest BCUT2D eigenvalue weighted by atomic mass is 15.1. The molecule has 7 heteroatoms. The van der Waals surface area contributed by atoms with Crippen LogP contribution < -0.4 is 10.6 Å². The van der Waals surface area contributed by atoms with E-state index in [2.05, 4.69) is 50.9 Å². The summed E-state index contributed by atoms with van der Waals surface area (Å²) in [7, 11) is 3.86. The Morgan fingerprint density at radius 1 is 1.03 bits per heavy atom. The molecule has 4 aromatic heterocycles. The minimum absolute atomic E-state index is 0.760. The molecule has 150 valence electrons. The third kappa shape index (κ3) is 3.24. The van der Waals surface area contributed by atoms with E-state index < -0.39 is 0 Å². The summed E-state index contributed by atoms with van der Waals surface area (Å²) in [6.07, 6.45) is 2.77. The van der Waals surface area contributed by atoms with Crippen LogP contribution in [0.25, 0.3) is 33.5 Å². The third-order valence-corrected chi connectivity index (χ3v) is 5.26. The normalized spacial score (nSPS) is 11.3. The summed E-state index contributed by atoms with van der Waals surface area (Å²) in [6.45, 7) is 0.829. The van der Waals surface area contributed by atoms with Crippen LogP contribution in [0.5, 0.6) is 0 Å². The van der Waals surface area contributed by atoms with E-state index in [0.29, 0.717) is 0 Å². The fourth-order valence-electron chi connectivity index (χ4n) is 3.77. The second-order valence-corrected chi connectivity index (χ2v) is 7.28. The largest absolute Gasteiger partial charge is 0.371 e. The van der Waals surface area contributed by atoms with Gasteiger partial charge in [0.1, 0.15) is 17.0 Å². The van der Waals surface area contributed by atoms with Gasteiger partial charge in [0.2, 0.25) is 0 Å². The van der Waals surface area contributed by atoms with E-state index in [9.17, 15) is 0 Å². The number of aromatic amines is 1. The van der Waals surface area contributed by atoms with E-state index in [0.717, 1.165) is 58.1 Å². The Hall–Kier alpha value is -3.87. The van der Waals surface area contributed by atoms with Crippen LogP contribution in [-0.4, -0.2) is 38.1 Å². The molecule has 0 bridgehead atoms. The Balaban J connectivity index is 1.45. The van der Waals surface area contributed by atoms with E-state index in [1.807, 2.05) is 49.3 Å². The van der Waals surface area contributed by atoms with Crippen LogP contribution in [0.15, 0.2) is 60.9 Å². The number of anilines is 2. The molecule has 7 nitrogen and oxygen atoms in total. The summed E-state index contributed by atoms with van der Waals surface area (Å²) in [5.74, 6) is 1.62. The molecule has 4 heterocycles. The Morgan fingerprint density at radius 3 is 2.73 bits per heavy atom. The highest BCUT2D eigenvalue weighted by Gasteiger charge is 2.15. The van der Waals surface area contributed by atoms with Gasteiger partial charge in [-0.3, -0.25) is 0 Å². The number of pyridine rings is 2. The standard InChI is InChI=1S/C23H23N7/c1-24-23-20-21(30(2)14-26-20)16-13-18(28-22(16)29-23)17-9-6-10-19(27-17)25-12-11-15-7-4-3-5-8-15/h3-10,13-14H,11-12H2,1-2H3,(H,25,27)(H2,24,28,29). The zero-order valence-electron chi connectivity index (χ0n) is 17.0. The SMILES string of the molecule is CNc1nc2[nH]c(-c3cccc(NCCc4ccccc4)n3)cc2c2c1ncn2C. The lowest BCUT2D eigenvalue weighted by molar-refractivity contribution is 0.951. The monoisotopic (exact) mass is 397 g/mol. The van der Waals surface area contributed by atoms with Crippen LogP contribution in [0.1, 0.15) is 5.56 Å². The number of fused-ring (bicyclic) bond motifs is 3. The first kappa shape index (κ1) is 18.2. The summed E-state index contributed by atoms with van der Waals surface area (Å²) in [6, 6.07) is 18.6. The minimum Gasteiger partial charge on any atom is -0.371 e. The molecular weight excluding hydrogens is 374 g/mol. The van der Waals surface area contributed by atoms with E-state index in [4.69, 9.17) is 9.97 Å². The molecule has 0 unspecified atom stereocenters. The van der Waals surface area contributed by atoms with E-state index >= 15 is 0 Å². The quantitative estimate of drug-likeness (QED) is 0.400. The Bertz CT molecular complexity index is 1320. The lowest BCUT2D eigenvalue weighted by atomic mass is 10.1. The van der Waals surface area contributed by atoms with Gasteiger partial charge in [0.25, 0.3) is 0 Å². The molecule has 0 radical (unpaired) electrons. The number of aryl methyl sites for hydroxylation is 1. The van der Waals surface area contributed by atoms with Crippen LogP contribution in [0.2, 0.25) is 0 Å². The van der Waals surface area contributed by atoms with Gasteiger partial charge < -0.3 is 20.2 Å². The Morgan fingerprint density at radius 2 is 1.90 bits per heavy atom. The second kappa shape index (κ2) is 7.51. The van der Waals surface area contributed by atoms with E-state index in [1.165, 1.54) is 5.56 Å². The molecule has 1 aromatic carbocycles. The van der Waals surface area contributed by atoms with Crippen LogP contribution in [0.3, 0.4) is 0 Å². The zero-order chi connectivity index (χ0) is 20.5. The van der Waals surface area contributed by atoms with Crippen molar-refractivity contribution in [3.8, 4) is 11.4 Å². The number of hydrogen-bond donors (Lipinski definition) is 3. The first-order valence-corrected chi connectivity index (χ1v) is 9.99. The van der Waals surface area contributed by atoms with Gasteiger partial charge in [-0.25, -0.2) is 15.0 Å². The number of H-pyrrole nitrogens is 1. The Kier molecular flexibility index (Phi) is 4.55. The molecule has 0 spiro atoms. The van der Waals surface area contributed by atoms with Crippen molar-refractivity contribution in [2.45, 2.75) is 6.42 Å². The average molecular weight is 397 g/mol. The summed E-state index contributed by atoms with van der Waals surface area (Å²) >= 11 is 0. The van der Waals surface area contributed by atoms with Crippen LogP contribution in [0, 0.1) is 0 Å². The minimum atomic E-state index is 0.760. The number of benzene rings is 1. The average Bonchev–Trinajstić information content (AvgIpc) is 3.38. The maximum absolute atomic E-state index is 4.79. The van der Waals surface area contributed by atoms with Gasteiger partial charge in [-0.05, 0) is 30.2 Å². The van der Waals surface area contributed by atoms with Gasteiger partial charge in [-0.15, -0.1) is 0 Å². The number of nitrogens with one attached hydrogen (secondary N) is 3. The fourth-order valence-corrected chi connectivity index (χ4v) is 3.77. The Labute approximate surface area is 174 Å². The van der Waals surface area contributed by atoms with Crippen molar-refractivity contribution in [1.29, 1.82) is 0 Å². The number of hydrogen-bond acceptors (Lipinski definition) is 5. The predicted octanol–water partition coefficient (Wildman–Crippen LogP) is 4.21. The molecule has 5 rings (SSSR count). The highest BCUT2D eigenvalue weighted by molar-refractivity contribution is 6.07. The third-order valence-electron chi connectivity index (χ3n) is 5.26. The first-order valence-electron chi connectivity index (χ1n) is 9.99. The van der Waals surface area contributed by atoms with E-state index in [1.54, 1.807) is 0 Å². The lowest BCUT2D eigenvalue weighted by Gasteiger charge is -2.07. The molecule has 0 aliphatic carbocycles. The van der Waals surface area contributed by atoms with Crippen molar-refractivity contribution in [2.24, 2.45) is 7.05 Å². The number of nitrogens with zero attached hydrogens (tertiary/aromatic N) is 4. The molecule has 0 saturated carbocycles. The van der Waals surface area contributed by atoms with Crippen molar-refractivity contribution < 1.29 is 0 Å². The molecule has 0 aliphatic heterocycles. The van der Waals surface area contributed by atoms with Crippen molar-refractivity contribution >= 4 is 33.7 Å². The van der Waals surface area contributed by atoms with Crippen molar-refractivity contribution in [3.05, 3.63) is 66.5 Å². The topological polar surface area (TPSA) is 83.4 Å². The van der Waals surface area contributed by atoms with Crippen LogP contribution in [0.4, 0.5) is 11.6 Å². The van der Waals surface area contributed by atoms with Gasteiger partial charge in [0, 0.05) is 26.0 Å². The van der Waals surface area contributed by atoms with Crippen molar-refractivity contribution in [2.75, 3.05) is 24.2 Å². The molecule has 0 fully saturated rings. The lowest BCUT2D eigenvalue weighted by Crippen LogP contribution is -2.06. The van der Waals surface area contributed by atoms with Gasteiger partial charge in [0.15, 0.2) is 5.82 Å². The summed E-state index contributed by atoms with van der Waals surface area (Å²) in [5, 5.41) is 7.59. The van der Waals surface area contributed by atoms with Gasteiger partial charge in [-0.2, -0.15) is 0 Å². The molecule has 0 aliphatic rings. The maximum Gasteiger partial charge on any atom is 0.156 e. The first-order chi connectivity index (χ1) is 14.7. The molecule has 0 saturated heterocycles.